The first-order valence-corrected chi connectivity index (χ1v) is 5.50. The number of hydrogen-bond acceptors (Lipinski definition) is 2. The Balaban J connectivity index is 2.10. The van der Waals surface area contributed by atoms with Crippen molar-refractivity contribution in [2.45, 2.75) is 6.42 Å². The summed E-state index contributed by atoms with van der Waals surface area (Å²) >= 11 is 0. The van der Waals surface area contributed by atoms with E-state index in [0.717, 1.165) is 12.1 Å². The molecule has 96 valence electrons. The first-order valence-electron chi connectivity index (χ1n) is 5.50. The maximum absolute atomic E-state index is 13.3. The van der Waals surface area contributed by atoms with Gasteiger partial charge >= 0.3 is 0 Å². The summed E-state index contributed by atoms with van der Waals surface area (Å²) in [6, 6.07) is 2.85. The minimum atomic E-state index is -0.859. The van der Waals surface area contributed by atoms with Crippen LogP contribution < -0.4 is 5.32 Å². The van der Waals surface area contributed by atoms with E-state index >= 15 is 0 Å². The van der Waals surface area contributed by atoms with Crippen molar-refractivity contribution < 1.29 is 18.4 Å². The summed E-state index contributed by atoms with van der Waals surface area (Å²) in [5.74, 6) is -3.21. The van der Waals surface area contributed by atoms with Gasteiger partial charge in [-0.1, -0.05) is 0 Å². The predicted molar refractivity (Wildman–Crippen MR) is 60.7 cm³/mol. The van der Waals surface area contributed by atoms with Crippen LogP contribution in [-0.2, 0) is 9.59 Å². The quantitative estimate of drug-likeness (QED) is 0.811. The van der Waals surface area contributed by atoms with Crippen LogP contribution >= 0.6 is 0 Å². The van der Waals surface area contributed by atoms with Crippen molar-refractivity contribution >= 4 is 17.5 Å². The highest BCUT2D eigenvalue weighted by Gasteiger charge is 2.35. The average Bonchev–Trinajstić information content (AvgIpc) is 2.64. The van der Waals surface area contributed by atoms with Gasteiger partial charge in [-0.3, -0.25) is 9.59 Å². The number of amides is 2. The zero-order chi connectivity index (χ0) is 13.3. The molecule has 4 nitrogen and oxygen atoms in total. The molecule has 1 aliphatic rings. The molecule has 1 atom stereocenters. The van der Waals surface area contributed by atoms with Crippen LogP contribution in [0.3, 0.4) is 0 Å². The second kappa shape index (κ2) is 4.72. The third-order valence-corrected chi connectivity index (χ3v) is 2.93. The minimum absolute atomic E-state index is 0.122. The van der Waals surface area contributed by atoms with Crippen molar-refractivity contribution in [2.24, 2.45) is 5.92 Å². The summed E-state index contributed by atoms with van der Waals surface area (Å²) in [5.41, 5.74) is -0.122. The summed E-state index contributed by atoms with van der Waals surface area (Å²) in [6.07, 6.45) is 0.407. The van der Waals surface area contributed by atoms with Crippen molar-refractivity contribution in [3.63, 3.8) is 0 Å². The summed E-state index contributed by atoms with van der Waals surface area (Å²) < 4.78 is 26.0. The summed E-state index contributed by atoms with van der Waals surface area (Å²) in [5, 5.41) is 2.30. The highest BCUT2D eigenvalue weighted by Crippen LogP contribution is 2.20. The highest BCUT2D eigenvalue weighted by molar-refractivity contribution is 6.07. The van der Waals surface area contributed by atoms with E-state index in [1.165, 1.54) is 4.90 Å². The molecule has 1 aliphatic heterocycles. The number of hydrogen-bond donors (Lipinski definition) is 1. The molecule has 0 unspecified atom stereocenters. The van der Waals surface area contributed by atoms with E-state index in [1.54, 1.807) is 7.05 Å². The minimum Gasteiger partial charge on any atom is -0.345 e. The second-order valence-electron chi connectivity index (χ2n) is 4.21. The molecule has 6 heteroatoms. The van der Waals surface area contributed by atoms with E-state index in [9.17, 15) is 18.4 Å². The molecule has 0 saturated carbocycles. The molecule has 1 saturated heterocycles. The fourth-order valence-electron chi connectivity index (χ4n) is 1.88. The van der Waals surface area contributed by atoms with Crippen LogP contribution in [0.15, 0.2) is 18.2 Å². The number of carbonyl (C=O) groups is 2. The molecule has 1 aromatic carbocycles. The van der Waals surface area contributed by atoms with E-state index in [-0.39, 0.29) is 11.6 Å². The standard InChI is InChI=1S/C12H12F2N2O2/c1-16-5-4-8(12(16)18)11(17)15-10-3-2-7(13)6-9(10)14/h2-3,6,8H,4-5H2,1H3,(H,15,17)/t8-/m0/s1. The number of carbonyl (C=O) groups excluding carboxylic acids is 2. The fourth-order valence-corrected chi connectivity index (χ4v) is 1.88. The van der Waals surface area contributed by atoms with Gasteiger partial charge in [0.1, 0.15) is 17.6 Å². The maximum Gasteiger partial charge on any atom is 0.237 e. The Bertz CT molecular complexity index is 505. The second-order valence-corrected chi connectivity index (χ2v) is 4.21. The van der Waals surface area contributed by atoms with Gasteiger partial charge in [0.2, 0.25) is 11.8 Å². The lowest BCUT2D eigenvalue weighted by Gasteiger charge is -2.11. The first kappa shape index (κ1) is 12.5. The lowest BCUT2D eigenvalue weighted by atomic mass is 10.1. The third-order valence-electron chi connectivity index (χ3n) is 2.93. The Morgan fingerprint density at radius 3 is 2.72 bits per heavy atom. The smallest absolute Gasteiger partial charge is 0.237 e. The molecule has 1 fully saturated rings. The average molecular weight is 254 g/mol. The molecule has 0 radical (unpaired) electrons. The van der Waals surface area contributed by atoms with Crippen molar-refractivity contribution in [2.75, 3.05) is 18.9 Å². The maximum atomic E-state index is 13.3. The van der Waals surface area contributed by atoms with Gasteiger partial charge in [-0.05, 0) is 18.6 Å². The Hall–Kier alpha value is -1.98. The van der Waals surface area contributed by atoms with Crippen LogP contribution in [0.2, 0.25) is 0 Å². The van der Waals surface area contributed by atoms with Gasteiger partial charge in [-0.25, -0.2) is 8.78 Å². The predicted octanol–water partition coefficient (Wildman–Crippen LogP) is 1.38. The van der Waals surface area contributed by atoms with E-state index in [2.05, 4.69) is 5.32 Å². The van der Waals surface area contributed by atoms with Gasteiger partial charge in [0, 0.05) is 19.7 Å². The van der Waals surface area contributed by atoms with Gasteiger partial charge in [0.15, 0.2) is 0 Å². The monoisotopic (exact) mass is 254 g/mol. The number of nitrogens with zero attached hydrogens (tertiary/aromatic N) is 1. The number of halogens is 2. The van der Waals surface area contributed by atoms with Crippen LogP contribution in [-0.4, -0.2) is 30.3 Å². The number of anilines is 1. The topological polar surface area (TPSA) is 49.4 Å². The first-order chi connectivity index (χ1) is 8.49. The fraction of sp³-hybridized carbons (Fsp3) is 0.333. The van der Waals surface area contributed by atoms with E-state index in [4.69, 9.17) is 0 Å². The molecular formula is C12H12F2N2O2. The van der Waals surface area contributed by atoms with Gasteiger partial charge in [0.05, 0.1) is 5.69 Å². The van der Waals surface area contributed by atoms with Gasteiger partial charge < -0.3 is 10.2 Å². The molecule has 1 N–H and O–H groups in total. The normalized spacial score (nSPS) is 19.2. The lowest BCUT2D eigenvalue weighted by molar-refractivity contribution is -0.134. The van der Waals surface area contributed by atoms with Crippen LogP contribution in [0.4, 0.5) is 14.5 Å². The Kier molecular flexibility index (Phi) is 3.27. The molecule has 0 aromatic heterocycles. The Labute approximate surface area is 103 Å². The van der Waals surface area contributed by atoms with Crippen molar-refractivity contribution in [3.8, 4) is 0 Å². The molecule has 1 heterocycles. The van der Waals surface area contributed by atoms with E-state index in [1.807, 2.05) is 0 Å². The highest BCUT2D eigenvalue weighted by atomic mass is 19.1. The Morgan fingerprint density at radius 1 is 1.44 bits per heavy atom. The van der Waals surface area contributed by atoms with Gasteiger partial charge in [-0.2, -0.15) is 0 Å². The van der Waals surface area contributed by atoms with Crippen LogP contribution in [0.25, 0.3) is 0 Å². The molecule has 2 amide bonds. The van der Waals surface area contributed by atoms with Gasteiger partial charge in [0.25, 0.3) is 0 Å². The van der Waals surface area contributed by atoms with E-state index < -0.39 is 23.5 Å². The number of benzene rings is 1. The molecule has 18 heavy (non-hydrogen) atoms. The number of rotatable bonds is 2. The van der Waals surface area contributed by atoms with Crippen LogP contribution in [0, 0.1) is 17.6 Å². The van der Waals surface area contributed by atoms with Crippen LogP contribution in [0.1, 0.15) is 6.42 Å². The molecule has 1 aromatic rings. The third kappa shape index (κ3) is 2.32. The van der Waals surface area contributed by atoms with Crippen LogP contribution in [0.5, 0.6) is 0 Å². The summed E-state index contributed by atoms with van der Waals surface area (Å²) in [6.45, 7) is 0.503. The molecule has 0 spiro atoms. The number of likely N-dealkylation sites (tertiary alicyclic amines) is 1. The zero-order valence-corrected chi connectivity index (χ0v) is 9.74. The van der Waals surface area contributed by atoms with E-state index in [0.29, 0.717) is 19.0 Å². The van der Waals surface area contributed by atoms with Crippen molar-refractivity contribution in [1.29, 1.82) is 0 Å². The summed E-state index contributed by atoms with van der Waals surface area (Å²) in [4.78, 5) is 24.8. The molecular weight excluding hydrogens is 242 g/mol. The lowest BCUT2D eigenvalue weighted by Crippen LogP contribution is -2.31. The van der Waals surface area contributed by atoms with Crippen molar-refractivity contribution in [3.05, 3.63) is 29.8 Å². The van der Waals surface area contributed by atoms with Gasteiger partial charge in [-0.15, -0.1) is 0 Å². The zero-order valence-electron chi connectivity index (χ0n) is 9.74. The summed E-state index contributed by atoms with van der Waals surface area (Å²) in [7, 11) is 1.61. The molecule has 2 rings (SSSR count). The molecule has 0 aliphatic carbocycles. The number of nitrogens with one attached hydrogen (secondary N) is 1. The SMILES string of the molecule is CN1CC[C@@H](C(=O)Nc2ccc(F)cc2F)C1=O. The molecule has 0 bridgehead atoms. The van der Waals surface area contributed by atoms with Crippen molar-refractivity contribution in [1.82, 2.24) is 4.90 Å². The Morgan fingerprint density at radius 2 is 2.17 bits per heavy atom. The largest absolute Gasteiger partial charge is 0.345 e.